The number of aromatic nitrogens is 2. The largest absolute Gasteiger partial charge is 0.364 e. The number of fused-ring (bicyclic) bond motifs is 1. The molecule has 27 heavy (non-hydrogen) atoms. The molecule has 3 aromatic rings. The Balaban J connectivity index is 1.49. The van der Waals surface area contributed by atoms with E-state index in [-0.39, 0.29) is 17.7 Å². The lowest BCUT2D eigenvalue weighted by Crippen LogP contribution is -2.40. The molecule has 0 spiro atoms. The number of carbonyl (C=O) groups is 2. The van der Waals surface area contributed by atoms with Gasteiger partial charge in [-0.25, -0.2) is 0 Å². The van der Waals surface area contributed by atoms with Crippen LogP contribution in [-0.4, -0.2) is 46.8 Å². The molecule has 3 heterocycles. The maximum atomic E-state index is 12.9. The molecule has 1 aliphatic heterocycles. The van der Waals surface area contributed by atoms with E-state index in [1.54, 1.807) is 19.3 Å². The van der Waals surface area contributed by atoms with Crippen LogP contribution in [0.4, 0.5) is 0 Å². The highest BCUT2D eigenvalue weighted by atomic mass is 16.2. The molecule has 0 bridgehead atoms. The van der Waals surface area contributed by atoms with Crippen molar-refractivity contribution in [1.82, 2.24) is 20.2 Å². The third-order valence-electron chi connectivity index (χ3n) is 5.45. The molecule has 0 saturated carbocycles. The highest BCUT2D eigenvalue weighted by molar-refractivity contribution is 5.95. The number of hydrogen-bond acceptors (Lipinski definition) is 2. The van der Waals surface area contributed by atoms with E-state index in [0.29, 0.717) is 18.5 Å². The summed E-state index contributed by atoms with van der Waals surface area (Å²) in [6.45, 7) is 1.42. The van der Waals surface area contributed by atoms with E-state index in [1.807, 2.05) is 35.4 Å². The summed E-state index contributed by atoms with van der Waals surface area (Å²) < 4.78 is 0. The number of rotatable bonds is 4. The molecule has 1 aliphatic rings. The zero-order valence-electron chi connectivity index (χ0n) is 15.4. The minimum absolute atomic E-state index is 0.0894. The van der Waals surface area contributed by atoms with Crippen LogP contribution in [0.15, 0.2) is 42.7 Å². The Morgan fingerprint density at radius 2 is 2.07 bits per heavy atom. The van der Waals surface area contributed by atoms with Crippen molar-refractivity contribution in [2.75, 3.05) is 20.1 Å². The average molecular weight is 364 g/mol. The van der Waals surface area contributed by atoms with Crippen molar-refractivity contribution in [3.63, 3.8) is 0 Å². The number of H-pyrrole nitrogens is 2. The molecule has 6 heteroatoms. The van der Waals surface area contributed by atoms with Gasteiger partial charge in [-0.15, -0.1) is 0 Å². The minimum atomic E-state index is -0.0894. The fraction of sp³-hybridized carbons (Fsp3) is 0.333. The minimum Gasteiger partial charge on any atom is -0.364 e. The molecule has 1 atom stereocenters. The Hall–Kier alpha value is -3.02. The quantitative estimate of drug-likeness (QED) is 0.665. The van der Waals surface area contributed by atoms with Gasteiger partial charge >= 0.3 is 0 Å². The molecule has 6 nitrogen and oxygen atoms in total. The monoisotopic (exact) mass is 364 g/mol. The summed E-state index contributed by atoms with van der Waals surface area (Å²) in [6, 6.07) is 9.85. The second-order valence-electron chi connectivity index (χ2n) is 7.10. The van der Waals surface area contributed by atoms with Gasteiger partial charge in [0.15, 0.2) is 0 Å². The predicted octanol–water partition coefficient (Wildman–Crippen LogP) is 2.80. The summed E-state index contributed by atoms with van der Waals surface area (Å²) in [5, 5.41) is 3.79. The van der Waals surface area contributed by atoms with Crippen molar-refractivity contribution < 1.29 is 9.59 Å². The first kappa shape index (κ1) is 17.4. The number of para-hydroxylation sites is 1. The van der Waals surface area contributed by atoms with Gasteiger partial charge in [-0.05, 0) is 30.5 Å². The second-order valence-corrected chi connectivity index (χ2v) is 7.10. The van der Waals surface area contributed by atoms with Crippen LogP contribution in [0.2, 0.25) is 0 Å². The first-order valence-corrected chi connectivity index (χ1v) is 9.39. The van der Waals surface area contributed by atoms with Gasteiger partial charge in [0, 0.05) is 55.0 Å². The van der Waals surface area contributed by atoms with Crippen LogP contribution in [0, 0.1) is 0 Å². The van der Waals surface area contributed by atoms with Crippen molar-refractivity contribution in [3.05, 3.63) is 59.5 Å². The van der Waals surface area contributed by atoms with Crippen LogP contribution >= 0.6 is 0 Å². The van der Waals surface area contributed by atoms with Gasteiger partial charge in [-0.1, -0.05) is 18.2 Å². The van der Waals surface area contributed by atoms with Gasteiger partial charge in [0.1, 0.15) is 0 Å². The van der Waals surface area contributed by atoms with Gasteiger partial charge in [0.25, 0.3) is 5.91 Å². The van der Waals surface area contributed by atoms with E-state index in [1.165, 1.54) is 0 Å². The number of nitrogens with one attached hydrogen (secondary N) is 3. The Morgan fingerprint density at radius 3 is 2.93 bits per heavy atom. The summed E-state index contributed by atoms with van der Waals surface area (Å²) >= 11 is 0. The van der Waals surface area contributed by atoms with Crippen LogP contribution in [0.1, 0.15) is 40.4 Å². The van der Waals surface area contributed by atoms with Crippen LogP contribution in [0.5, 0.6) is 0 Å². The summed E-state index contributed by atoms with van der Waals surface area (Å²) in [4.78, 5) is 33.4. The zero-order valence-corrected chi connectivity index (χ0v) is 15.4. The Morgan fingerprint density at radius 1 is 1.22 bits per heavy atom. The topological polar surface area (TPSA) is 81.0 Å². The van der Waals surface area contributed by atoms with Crippen molar-refractivity contribution in [2.24, 2.45) is 0 Å². The van der Waals surface area contributed by atoms with E-state index < -0.39 is 0 Å². The number of carbonyl (C=O) groups excluding carboxylic acids is 2. The van der Waals surface area contributed by atoms with Crippen molar-refractivity contribution >= 4 is 22.7 Å². The number of benzene rings is 1. The molecule has 0 aliphatic carbocycles. The first-order valence-electron chi connectivity index (χ1n) is 9.39. The van der Waals surface area contributed by atoms with E-state index in [4.69, 9.17) is 0 Å². The van der Waals surface area contributed by atoms with Crippen LogP contribution in [-0.2, 0) is 11.2 Å². The number of piperidine rings is 1. The third kappa shape index (κ3) is 3.35. The molecule has 1 unspecified atom stereocenters. The summed E-state index contributed by atoms with van der Waals surface area (Å²) in [7, 11) is 1.64. The van der Waals surface area contributed by atoms with E-state index >= 15 is 0 Å². The molecule has 2 aromatic heterocycles. The Bertz CT molecular complexity index is 971. The van der Waals surface area contributed by atoms with E-state index in [2.05, 4.69) is 15.3 Å². The van der Waals surface area contributed by atoms with Gasteiger partial charge in [-0.3, -0.25) is 9.59 Å². The summed E-state index contributed by atoms with van der Waals surface area (Å²) in [5.74, 6) is 0.207. The average Bonchev–Trinajstić information content (AvgIpc) is 3.35. The lowest BCUT2D eigenvalue weighted by molar-refractivity contribution is -0.131. The predicted molar refractivity (Wildman–Crippen MR) is 105 cm³/mol. The molecule has 2 amide bonds. The smallest absolute Gasteiger partial charge is 0.252 e. The van der Waals surface area contributed by atoms with E-state index in [9.17, 15) is 9.59 Å². The molecule has 1 fully saturated rings. The summed E-state index contributed by atoms with van der Waals surface area (Å²) in [5.41, 5.74) is 3.69. The van der Waals surface area contributed by atoms with Crippen molar-refractivity contribution in [1.29, 1.82) is 0 Å². The number of amides is 2. The zero-order chi connectivity index (χ0) is 18.8. The molecular formula is C21H24N4O2. The van der Waals surface area contributed by atoms with Crippen LogP contribution in [0.25, 0.3) is 10.9 Å². The van der Waals surface area contributed by atoms with Crippen LogP contribution in [0.3, 0.4) is 0 Å². The molecule has 140 valence electrons. The Kier molecular flexibility index (Phi) is 4.71. The Labute approximate surface area is 157 Å². The highest BCUT2D eigenvalue weighted by Gasteiger charge is 2.28. The van der Waals surface area contributed by atoms with E-state index in [0.717, 1.165) is 41.5 Å². The third-order valence-corrected chi connectivity index (χ3v) is 5.45. The summed E-state index contributed by atoms with van der Waals surface area (Å²) in [6.07, 6.45) is 6.03. The fourth-order valence-electron chi connectivity index (χ4n) is 4.04. The SMILES string of the molecule is CNC(=O)c1cc[nH]c1C1CCCN(C(=O)Cc2c[nH]c3ccccc23)C1. The molecular weight excluding hydrogens is 340 g/mol. The van der Waals surface area contributed by atoms with Crippen molar-refractivity contribution in [3.8, 4) is 0 Å². The van der Waals surface area contributed by atoms with Gasteiger partial charge in [-0.2, -0.15) is 0 Å². The molecule has 1 aromatic carbocycles. The van der Waals surface area contributed by atoms with Gasteiger partial charge in [0.2, 0.25) is 5.91 Å². The standard InChI is InChI=1S/C21H24N4O2/c1-22-21(27)17-8-9-23-20(17)14-5-4-10-25(13-14)19(26)11-15-12-24-18-7-3-2-6-16(15)18/h2-3,6-9,12,14,23-24H,4-5,10-11,13H2,1H3,(H,22,27). The maximum Gasteiger partial charge on any atom is 0.252 e. The molecule has 4 rings (SSSR count). The van der Waals surface area contributed by atoms with Gasteiger partial charge in [0.05, 0.1) is 12.0 Å². The maximum absolute atomic E-state index is 12.9. The number of likely N-dealkylation sites (tertiary alicyclic amines) is 1. The van der Waals surface area contributed by atoms with Gasteiger partial charge < -0.3 is 20.2 Å². The molecule has 1 saturated heterocycles. The number of aromatic amines is 2. The molecule has 0 radical (unpaired) electrons. The first-order chi connectivity index (χ1) is 13.2. The lowest BCUT2D eigenvalue weighted by Gasteiger charge is -2.33. The second kappa shape index (κ2) is 7.31. The number of nitrogens with zero attached hydrogens (tertiary/aromatic N) is 1. The molecule has 3 N–H and O–H groups in total. The normalized spacial score (nSPS) is 17.2. The van der Waals surface area contributed by atoms with Crippen molar-refractivity contribution in [2.45, 2.75) is 25.2 Å². The van der Waals surface area contributed by atoms with Crippen LogP contribution < -0.4 is 5.32 Å². The number of hydrogen-bond donors (Lipinski definition) is 3. The highest BCUT2D eigenvalue weighted by Crippen LogP contribution is 2.29. The lowest BCUT2D eigenvalue weighted by atomic mass is 9.92. The fourth-order valence-corrected chi connectivity index (χ4v) is 4.04.